The van der Waals surface area contributed by atoms with Crippen molar-refractivity contribution in [1.82, 2.24) is 9.88 Å². The SMILES string of the molecule is O=C1NC(=S)N(c2ccccc2F)C(=O)/C1=C\c1cn(Cc2ccccc2)c2ccccc12. The summed E-state index contributed by atoms with van der Waals surface area (Å²) < 4.78 is 16.5. The van der Waals surface area contributed by atoms with E-state index >= 15 is 0 Å². The Bertz CT molecular complexity index is 1440. The predicted octanol–water partition coefficient (Wildman–Crippen LogP) is 4.66. The average molecular weight is 456 g/mol. The van der Waals surface area contributed by atoms with Crippen LogP contribution in [0.25, 0.3) is 17.0 Å². The van der Waals surface area contributed by atoms with E-state index in [0.29, 0.717) is 12.1 Å². The summed E-state index contributed by atoms with van der Waals surface area (Å²) in [6.45, 7) is 0.635. The van der Waals surface area contributed by atoms with Gasteiger partial charge < -0.3 is 4.57 Å². The van der Waals surface area contributed by atoms with Crippen LogP contribution in [0.1, 0.15) is 11.1 Å². The fraction of sp³-hybridized carbons (Fsp3) is 0.0385. The summed E-state index contributed by atoms with van der Waals surface area (Å²) in [5.74, 6) is -1.89. The van der Waals surface area contributed by atoms with Crippen LogP contribution in [0.4, 0.5) is 10.1 Å². The Labute approximate surface area is 194 Å². The van der Waals surface area contributed by atoms with Gasteiger partial charge in [0.2, 0.25) is 0 Å². The number of fused-ring (bicyclic) bond motifs is 1. The summed E-state index contributed by atoms with van der Waals surface area (Å²) in [7, 11) is 0. The van der Waals surface area contributed by atoms with Gasteiger partial charge in [0.15, 0.2) is 5.11 Å². The quantitative estimate of drug-likeness (QED) is 0.277. The first-order valence-corrected chi connectivity index (χ1v) is 10.7. The molecule has 1 aliphatic heterocycles. The molecule has 1 aromatic heterocycles. The molecule has 0 atom stereocenters. The minimum Gasteiger partial charge on any atom is -0.342 e. The second kappa shape index (κ2) is 8.44. The van der Waals surface area contributed by atoms with Crippen LogP contribution in [0.3, 0.4) is 0 Å². The lowest BCUT2D eigenvalue weighted by atomic mass is 10.1. The highest BCUT2D eigenvalue weighted by Gasteiger charge is 2.35. The lowest BCUT2D eigenvalue weighted by Crippen LogP contribution is -2.54. The van der Waals surface area contributed by atoms with Crippen molar-refractivity contribution < 1.29 is 14.0 Å². The summed E-state index contributed by atoms with van der Waals surface area (Å²) in [5, 5.41) is 3.25. The Hall–Kier alpha value is -4.10. The van der Waals surface area contributed by atoms with Gasteiger partial charge in [0, 0.05) is 29.2 Å². The summed E-state index contributed by atoms with van der Waals surface area (Å²) in [6.07, 6.45) is 3.45. The van der Waals surface area contributed by atoms with E-state index in [4.69, 9.17) is 12.2 Å². The van der Waals surface area contributed by atoms with Crippen molar-refractivity contribution in [3.05, 3.63) is 108 Å². The zero-order valence-electron chi connectivity index (χ0n) is 17.4. The number of carbonyl (C=O) groups excluding carboxylic acids is 2. The number of para-hydroxylation sites is 2. The van der Waals surface area contributed by atoms with Crippen LogP contribution >= 0.6 is 12.2 Å². The number of hydrogen-bond donors (Lipinski definition) is 1. The minimum absolute atomic E-state index is 0.00935. The van der Waals surface area contributed by atoms with Crippen LogP contribution in [0.5, 0.6) is 0 Å². The number of hydrogen-bond acceptors (Lipinski definition) is 3. The number of rotatable bonds is 4. The maximum Gasteiger partial charge on any atom is 0.270 e. The van der Waals surface area contributed by atoms with Gasteiger partial charge in [-0.2, -0.15) is 0 Å². The molecule has 0 aliphatic carbocycles. The summed E-state index contributed by atoms with van der Waals surface area (Å²) in [5.41, 5.74) is 2.68. The van der Waals surface area contributed by atoms with E-state index in [1.807, 2.05) is 60.8 Å². The molecule has 0 spiro atoms. The molecule has 2 amide bonds. The van der Waals surface area contributed by atoms with Gasteiger partial charge in [-0.15, -0.1) is 0 Å². The lowest BCUT2D eigenvalue weighted by molar-refractivity contribution is -0.122. The summed E-state index contributed by atoms with van der Waals surface area (Å²) in [4.78, 5) is 27.0. The number of nitrogens with one attached hydrogen (secondary N) is 1. The molecule has 0 unspecified atom stereocenters. The van der Waals surface area contributed by atoms with Crippen molar-refractivity contribution in [2.24, 2.45) is 0 Å². The highest BCUT2D eigenvalue weighted by atomic mass is 32.1. The molecule has 1 aliphatic rings. The molecule has 5 rings (SSSR count). The van der Waals surface area contributed by atoms with E-state index in [9.17, 15) is 14.0 Å². The molecule has 2 heterocycles. The highest BCUT2D eigenvalue weighted by Crippen LogP contribution is 2.28. The first-order valence-electron chi connectivity index (χ1n) is 10.3. The van der Waals surface area contributed by atoms with E-state index in [1.54, 1.807) is 6.07 Å². The van der Waals surface area contributed by atoms with Crippen LogP contribution in [0.2, 0.25) is 0 Å². The molecular formula is C26H18FN3O2S. The topological polar surface area (TPSA) is 54.3 Å². The van der Waals surface area contributed by atoms with Crippen LogP contribution in [-0.2, 0) is 16.1 Å². The molecule has 3 aromatic carbocycles. The van der Waals surface area contributed by atoms with Crippen molar-refractivity contribution in [3.8, 4) is 0 Å². The van der Waals surface area contributed by atoms with Gasteiger partial charge in [-0.05, 0) is 42.1 Å². The van der Waals surface area contributed by atoms with Crippen molar-refractivity contribution in [1.29, 1.82) is 0 Å². The van der Waals surface area contributed by atoms with Crippen LogP contribution in [0, 0.1) is 5.82 Å². The molecule has 0 bridgehead atoms. The third kappa shape index (κ3) is 3.83. The second-order valence-electron chi connectivity index (χ2n) is 7.62. The fourth-order valence-electron chi connectivity index (χ4n) is 3.97. The van der Waals surface area contributed by atoms with Gasteiger partial charge in [-0.3, -0.25) is 14.9 Å². The van der Waals surface area contributed by atoms with E-state index in [0.717, 1.165) is 21.4 Å². The Morgan fingerprint density at radius 1 is 0.909 bits per heavy atom. The molecule has 0 saturated carbocycles. The van der Waals surface area contributed by atoms with Gasteiger partial charge in [-0.1, -0.05) is 60.7 Å². The van der Waals surface area contributed by atoms with Crippen molar-refractivity contribution in [3.63, 3.8) is 0 Å². The van der Waals surface area contributed by atoms with E-state index in [1.165, 1.54) is 24.3 Å². The Balaban J connectivity index is 1.59. The monoisotopic (exact) mass is 455 g/mol. The standard InChI is InChI=1S/C26H18FN3O2S/c27-21-11-5-7-13-23(21)30-25(32)20(24(31)28-26(30)33)14-18-16-29(15-17-8-2-1-3-9-17)22-12-6-4-10-19(18)22/h1-14,16H,15H2,(H,28,31,33)/b20-14-. The Kier molecular flexibility index (Phi) is 5.32. The van der Waals surface area contributed by atoms with E-state index in [2.05, 4.69) is 9.88 Å². The molecule has 4 aromatic rings. The molecule has 1 N–H and O–H groups in total. The zero-order valence-corrected chi connectivity index (χ0v) is 18.2. The molecule has 1 fully saturated rings. The summed E-state index contributed by atoms with van der Waals surface area (Å²) in [6, 6.07) is 23.6. The smallest absolute Gasteiger partial charge is 0.270 e. The largest absolute Gasteiger partial charge is 0.342 e. The van der Waals surface area contributed by atoms with Gasteiger partial charge in [-0.25, -0.2) is 9.29 Å². The average Bonchev–Trinajstić information content (AvgIpc) is 3.16. The highest BCUT2D eigenvalue weighted by molar-refractivity contribution is 7.80. The molecule has 5 nitrogen and oxygen atoms in total. The molecular weight excluding hydrogens is 437 g/mol. The number of amides is 2. The van der Waals surface area contributed by atoms with Crippen LogP contribution in [0.15, 0.2) is 90.6 Å². The number of nitrogens with zero attached hydrogens (tertiary/aromatic N) is 2. The lowest BCUT2D eigenvalue weighted by Gasteiger charge is -2.29. The van der Waals surface area contributed by atoms with Gasteiger partial charge in [0.25, 0.3) is 11.8 Å². The van der Waals surface area contributed by atoms with Crippen LogP contribution < -0.4 is 10.2 Å². The molecule has 7 heteroatoms. The molecule has 162 valence electrons. The van der Waals surface area contributed by atoms with Gasteiger partial charge >= 0.3 is 0 Å². The fourth-order valence-corrected chi connectivity index (χ4v) is 4.24. The molecule has 0 radical (unpaired) electrons. The second-order valence-corrected chi connectivity index (χ2v) is 8.01. The Morgan fingerprint density at radius 2 is 1.61 bits per heavy atom. The minimum atomic E-state index is -0.672. The predicted molar refractivity (Wildman–Crippen MR) is 130 cm³/mol. The molecule has 1 saturated heterocycles. The van der Waals surface area contributed by atoms with Crippen molar-refractivity contribution >= 4 is 51.8 Å². The summed E-state index contributed by atoms with van der Waals surface area (Å²) >= 11 is 5.17. The van der Waals surface area contributed by atoms with Crippen LogP contribution in [-0.4, -0.2) is 21.5 Å². The van der Waals surface area contributed by atoms with E-state index in [-0.39, 0.29) is 16.4 Å². The Morgan fingerprint density at radius 3 is 2.39 bits per heavy atom. The number of thiocarbonyl (C=S) groups is 1. The van der Waals surface area contributed by atoms with Gasteiger partial charge in [0.05, 0.1) is 5.69 Å². The number of anilines is 1. The van der Waals surface area contributed by atoms with E-state index < -0.39 is 17.6 Å². The van der Waals surface area contributed by atoms with Crippen molar-refractivity contribution in [2.45, 2.75) is 6.54 Å². The number of halogens is 1. The number of carbonyl (C=O) groups is 2. The number of aromatic nitrogens is 1. The third-order valence-corrected chi connectivity index (χ3v) is 5.79. The first kappa shape index (κ1) is 20.8. The number of benzene rings is 3. The zero-order chi connectivity index (χ0) is 22.9. The normalized spacial score (nSPS) is 15.4. The molecule has 33 heavy (non-hydrogen) atoms. The maximum atomic E-state index is 14.4. The third-order valence-electron chi connectivity index (χ3n) is 5.51. The van der Waals surface area contributed by atoms with Crippen molar-refractivity contribution in [2.75, 3.05) is 4.90 Å². The first-order chi connectivity index (χ1) is 16.0. The maximum absolute atomic E-state index is 14.4. The van der Waals surface area contributed by atoms with Gasteiger partial charge in [0.1, 0.15) is 11.4 Å².